The number of rotatable bonds is 20. The number of halogens is 1. The van der Waals surface area contributed by atoms with E-state index in [1.165, 1.54) is 0 Å². The van der Waals surface area contributed by atoms with Crippen molar-refractivity contribution >= 4 is 35.4 Å². The van der Waals surface area contributed by atoms with E-state index in [9.17, 15) is 42.8 Å². The minimum Gasteiger partial charge on any atom is -0.462 e. The van der Waals surface area contributed by atoms with E-state index in [0.717, 1.165) is 19.3 Å². The van der Waals surface area contributed by atoms with Crippen LogP contribution in [0.2, 0.25) is 0 Å². The Hall–Kier alpha value is -0.880. The van der Waals surface area contributed by atoms with E-state index in [2.05, 4.69) is 13.6 Å². The summed E-state index contributed by atoms with van der Waals surface area (Å²) in [7, 11) is -16.7. The highest BCUT2D eigenvalue weighted by molar-refractivity contribution is 7.47. The van der Waals surface area contributed by atoms with E-state index in [1.807, 2.05) is 13.8 Å². The van der Waals surface area contributed by atoms with Crippen molar-refractivity contribution in [3.63, 3.8) is 0 Å². The largest absolute Gasteiger partial charge is 0.472 e. The zero-order valence-corrected chi connectivity index (χ0v) is 26.1. The molecule has 1 aliphatic rings. The Kier molecular flexibility index (Phi) is 17.1. The summed E-state index contributed by atoms with van der Waals surface area (Å²) in [5, 5.41) is 20.6. The molecule has 0 radical (unpaired) electrons. The number of alkyl halides is 1. The van der Waals surface area contributed by atoms with Gasteiger partial charge in [-0.25, -0.2) is 18.1 Å². The number of ether oxygens (including phenoxy) is 2. The number of esters is 2. The SMILES string of the molecule is CCCCCC(=O)OCC(COP(=O)(O)OC1C(O)C(OP(=O)(O)O)C(OP(=O)(O)O)C(O)C1F)OC(=O)CCCCC. The van der Waals surface area contributed by atoms with Gasteiger partial charge in [-0.15, -0.1) is 0 Å². The van der Waals surface area contributed by atoms with Crippen LogP contribution in [0.1, 0.15) is 65.2 Å². The quantitative estimate of drug-likeness (QED) is 0.0535. The molecule has 8 atom stereocenters. The summed E-state index contributed by atoms with van der Waals surface area (Å²) in [5.41, 5.74) is 0. The summed E-state index contributed by atoms with van der Waals surface area (Å²) in [6.45, 7) is 2.27. The van der Waals surface area contributed by atoms with E-state index in [0.29, 0.717) is 19.3 Å². The molecule has 0 amide bonds. The van der Waals surface area contributed by atoms with Crippen LogP contribution in [0.25, 0.3) is 0 Å². The molecule has 1 fully saturated rings. The summed E-state index contributed by atoms with van der Waals surface area (Å²) in [5.74, 6) is -1.40. The summed E-state index contributed by atoms with van der Waals surface area (Å²) in [4.78, 5) is 70.6. The topological polar surface area (TPSA) is 282 Å². The second-order valence-electron chi connectivity index (χ2n) is 9.59. The average Bonchev–Trinajstić information content (AvgIpc) is 2.88. The van der Waals surface area contributed by atoms with Crippen molar-refractivity contribution in [2.24, 2.45) is 0 Å². The molecule has 254 valence electrons. The third kappa shape index (κ3) is 15.8. The van der Waals surface area contributed by atoms with Crippen molar-refractivity contribution in [1.29, 1.82) is 0 Å². The van der Waals surface area contributed by atoms with Gasteiger partial charge >= 0.3 is 35.4 Å². The maximum Gasteiger partial charge on any atom is 0.472 e. The number of unbranched alkanes of at least 4 members (excludes halogenated alkanes) is 4. The van der Waals surface area contributed by atoms with Crippen LogP contribution in [0.15, 0.2) is 0 Å². The molecule has 43 heavy (non-hydrogen) atoms. The maximum absolute atomic E-state index is 15.0. The summed E-state index contributed by atoms with van der Waals surface area (Å²) in [6, 6.07) is 0. The van der Waals surface area contributed by atoms with Crippen LogP contribution in [0.3, 0.4) is 0 Å². The molecular weight excluding hydrogens is 652 g/mol. The predicted octanol–water partition coefficient (Wildman–Crippen LogP) is 1.13. The summed E-state index contributed by atoms with van der Waals surface area (Å²) in [6.07, 6.45) is -13.5. The molecule has 0 aromatic heterocycles. The third-order valence-electron chi connectivity index (χ3n) is 5.87. The fourth-order valence-electron chi connectivity index (χ4n) is 3.84. The van der Waals surface area contributed by atoms with Gasteiger partial charge < -0.3 is 44.2 Å². The molecule has 18 nitrogen and oxygen atoms in total. The van der Waals surface area contributed by atoms with Gasteiger partial charge in [0.15, 0.2) is 12.3 Å². The normalized spacial score (nSPS) is 26.8. The van der Waals surface area contributed by atoms with Gasteiger partial charge in [0, 0.05) is 12.8 Å². The van der Waals surface area contributed by atoms with Gasteiger partial charge in [-0.05, 0) is 12.8 Å². The number of phosphoric acid groups is 3. The molecular formula is C21H40FO18P3. The monoisotopic (exact) mass is 692 g/mol. The van der Waals surface area contributed by atoms with Crippen molar-refractivity contribution in [2.45, 2.75) is 108 Å². The number of aliphatic hydroxyl groups is 2. The van der Waals surface area contributed by atoms with Crippen molar-refractivity contribution in [3.8, 4) is 0 Å². The molecule has 0 aliphatic heterocycles. The molecule has 7 N–H and O–H groups in total. The van der Waals surface area contributed by atoms with Crippen LogP contribution >= 0.6 is 23.5 Å². The summed E-state index contributed by atoms with van der Waals surface area (Å²) < 4.78 is 78.1. The lowest BCUT2D eigenvalue weighted by Gasteiger charge is -2.43. The molecule has 0 heterocycles. The maximum atomic E-state index is 15.0. The van der Waals surface area contributed by atoms with Gasteiger partial charge in [-0.1, -0.05) is 39.5 Å². The Labute approximate surface area is 246 Å². The van der Waals surface area contributed by atoms with Crippen molar-refractivity contribution in [3.05, 3.63) is 0 Å². The molecule has 1 saturated carbocycles. The Morgan fingerprint density at radius 3 is 1.70 bits per heavy atom. The fourth-order valence-corrected chi connectivity index (χ4v) is 5.93. The molecule has 8 unspecified atom stereocenters. The third-order valence-corrected chi connectivity index (χ3v) is 7.89. The Morgan fingerprint density at radius 2 is 1.21 bits per heavy atom. The van der Waals surface area contributed by atoms with E-state index >= 15 is 0 Å². The lowest BCUT2D eigenvalue weighted by Crippen LogP contribution is -2.63. The molecule has 0 spiro atoms. The molecule has 1 aliphatic carbocycles. The first-order valence-corrected chi connectivity index (χ1v) is 17.8. The van der Waals surface area contributed by atoms with Gasteiger partial charge in [-0.2, -0.15) is 0 Å². The Morgan fingerprint density at radius 1 is 0.721 bits per heavy atom. The molecule has 0 aromatic rings. The van der Waals surface area contributed by atoms with Crippen LogP contribution in [-0.4, -0.2) is 103 Å². The highest BCUT2D eigenvalue weighted by atomic mass is 31.2. The van der Waals surface area contributed by atoms with Crippen LogP contribution in [0.5, 0.6) is 0 Å². The van der Waals surface area contributed by atoms with Gasteiger partial charge in [0.1, 0.15) is 37.1 Å². The van der Waals surface area contributed by atoms with Gasteiger partial charge in [0.05, 0.1) is 6.61 Å². The standard InChI is InChI=1S/C21H40FO18P3/c1-3-5-7-9-14(23)35-11-13(37-15(24)10-8-6-4-2)12-36-43(33,34)40-19-16(22)17(25)20(38-41(27,28)29)21(18(19)26)39-42(30,31)32/h13,16-21,25-26H,3-12H2,1-2H3,(H,33,34)(H2,27,28,29)(H2,30,31,32). The highest BCUT2D eigenvalue weighted by Gasteiger charge is 2.57. The minimum absolute atomic E-state index is 0.0312. The minimum atomic E-state index is -5.61. The first-order chi connectivity index (χ1) is 19.8. The van der Waals surface area contributed by atoms with Crippen LogP contribution in [0, 0.1) is 0 Å². The smallest absolute Gasteiger partial charge is 0.462 e. The second-order valence-corrected chi connectivity index (χ2v) is 13.4. The number of aliphatic hydroxyl groups excluding tert-OH is 2. The van der Waals surface area contributed by atoms with Gasteiger partial charge in [0.25, 0.3) is 0 Å². The van der Waals surface area contributed by atoms with Gasteiger partial charge in [-0.3, -0.25) is 27.7 Å². The zero-order valence-electron chi connectivity index (χ0n) is 23.5. The lowest BCUT2D eigenvalue weighted by atomic mass is 9.86. The number of hydrogen-bond acceptors (Lipinski definition) is 13. The number of phosphoric ester groups is 3. The van der Waals surface area contributed by atoms with E-state index < -0.39 is 91.4 Å². The first-order valence-electron chi connectivity index (χ1n) is 13.3. The number of hydrogen-bond donors (Lipinski definition) is 7. The lowest BCUT2D eigenvalue weighted by molar-refractivity contribution is -0.196. The number of carbonyl (C=O) groups excluding carboxylic acids is 2. The first kappa shape index (κ1) is 40.1. The number of carbonyl (C=O) groups is 2. The van der Waals surface area contributed by atoms with Crippen LogP contribution < -0.4 is 0 Å². The summed E-state index contributed by atoms with van der Waals surface area (Å²) >= 11 is 0. The Balaban J connectivity index is 3.03. The molecule has 0 bridgehead atoms. The van der Waals surface area contributed by atoms with E-state index in [-0.39, 0.29) is 12.8 Å². The molecule has 22 heteroatoms. The highest BCUT2D eigenvalue weighted by Crippen LogP contribution is 2.51. The van der Waals surface area contributed by atoms with Crippen LogP contribution in [-0.2, 0) is 50.9 Å². The molecule has 0 aromatic carbocycles. The average molecular weight is 692 g/mol. The van der Waals surface area contributed by atoms with Crippen molar-refractivity contribution in [2.75, 3.05) is 13.2 Å². The van der Waals surface area contributed by atoms with Gasteiger partial charge in [0.2, 0.25) is 0 Å². The van der Waals surface area contributed by atoms with E-state index in [1.54, 1.807) is 0 Å². The van der Waals surface area contributed by atoms with Crippen LogP contribution in [0.4, 0.5) is 4.39 Å². The Bertz CT molecular complexity index is 1020. The molecule has 1 rings (SSSR count). The molecule has 0 saturated heterocycles. The predicted molar refractivity (Wildman–Crippen MR) is 141 cm³/mol. The van der Waals surface area contributed by atoms with Crippen molar-refractivity contribution in [1.82, 2.24) is 0 Å². The zero-order chi connectivity index (χ0) is 33.0. The second kappa shape index (κ2) is 18.3. The van der Waals surface area contributed by atoms with Crippen molar-refractivity contribution < 1.29 is 89.9 Å². The van der Waals surface area contributed by atoms with E-state index in [4.69, 9.17) is 33.6 Å². The fraction of sp³-hybridized carbons (Fsp3) is 0.905.